The maximum Gasteiger partial charge on any atom is 0.306 e. The Labute approximate surface area is 141 Å². The first-order valence-corrected chi connectivity index (χ1v) is 8.25. The van der Waals surface area contributed by atoms with E-state index in [9.17, 15) is 19.3 Å². The number of carbonyl (C=O) groups is 1. The quantitative estimate of drug-likeness (QED) is 0.678. The van der Waals surface area contributed by atoms with Gasteiger partial charge in [-0.05, 0) is 24.3 Å². The lowest BCUT2D eigenvalue weighted by atomic mass is 10.2. The lowest BCUT2D eigenvalue weighted by Gasteiger charge is -2.29. The molecule has 124 valence electrons. The minimum Gasteiger partial charge on any atom is -0.376 e. The van der Waals surface area contributed by atoms with Crippen LogP contribution in [0.25, 0.3) is 0 Å². The molecule has 8 heteroatoms. The molecule has 1 aliphatic heterocycles. The molecule has 0 bridgehead atoms. The average Bonchev–Trinajstić information content (AvgIpc) is 2.60. The summed E-state index contributed by atoms with van der Waals surface area (Å²) >= 11 is 1.70. The van der Waals surface area contributed by atoms with Gasteiger partial charge in [-0.25, -0.2) is 0 Å². The van der Waals surface area contributed by atoms with Gasteiger partial charge < -0.3 is 10.2 Å². The number of hydrogen-bond donors (Lipinski definition) is 1. The van der Waals surface area contributed by atoms with E-state index in [4.69, 9.17) is 0 Å². The molecule has 1 amide bonds. The number of nitrogens with one attached hydrogen (secondary N) is 1. The molecule has 1 N–H and O–H groups in total. The fourth-order valence-corrected chi connectivity index (χ4v) is 3.46. The zero-order valence-electron chi connectivity index (χ0n) is 12.6. The Morgan fingerprint density at radius 2 is 2.12 bits per heavy atom. The molecule has 24 heavy (non-hydrogen) atoms. The molecule has 0 aromatic heterocycles. The van der Waals surface area contributed by atoms with Crippen LogP contribution in [-0.4, -0.2) is 29.7 Å². The van der Waals surface area contributed by atoms with Crippen LogP contribution in [0.4, 0.5) is 21.5 Å². The highest BCUT2D eigenvalue weighted by Gasteiger charge is 2.22. The number of rotatable bonds is 4. The van der Waals surface area contributed by atoms with Crippen molar-refractivity contribution in [3.8, 4) is 0 Å². The summed E-state index contributed by atoms with van der Waals surface area (Å²) in [6.45, 7) is 0.577. The van der Waals surface area contributed by atoms with Crippen LogP contribution >= 0.6 is 11.8 Å². The third-order valence-electron chi connectivity index (χ3n) is 3.62. The normalized spacial score (nSPS) is 13.3. The van der Waals surface area contributed by atoms with Crippen LogP contribution in [0.1, 0.15) is 0 Å². The van der Waals surface area contributed by atoms with Gasteiger partial charge in [0.2, 0.25) is 11.7 Å². The molecular weight excluding hydrogens is 333 g/mol. The highest BCUT2D eigenvalue weighted by atomic mass is 32.2. The van der Waals surface area contributed by atoms with Crippen LogP contribution in [0.3, 0.4) is 0 Å². The van der Waals surface area contributed by atoms with Crippen molar-refractivity contribution in [3.05, 3.63) is 58.4 Å². The van der Waals surface area contributed by atoms with Gasteiger partial charge in [-0.1, -0.05) is 12.1 Å². The van der Waals surface area contributed by atoms with Gasteiger partial charge in [0.15, 0.2) is 0 Å². The third kappa shape index (κ3) is 3.33. The first kappa shape index (κ1) is 16.3. The summed E-state index contributed by atoms with van der Waals surface area (Å²) in [6.07, 6.45) is 0. The number of anilines is 2. The van der Waals surface area contributed by atoms with Crippen LogP contribution in [-0.2, 0) is 4.79 Å². The number of nitro groups is 1. The van der Waals surface area contributed by atoms with Gasteiger partial charge in [0.05, 0.1) is 17.2 Å². The second-order valence-corrected chi connectivity index (χ2v) is 6.28. The Bertz CT molecular complexity index is 800. The Hall–Kier alpha value is -2.61. The molecule has 0 atom stereocenters. The summed E-state index contributed by atoms with van der Waals surface area (Å²) in [4.78, 5) is 25.2. The van der Waals surface area contributed by atoms with E-state index >= 15 is 0 Å². The van der Waals surface area contributed by atoms with Crippen LogP contribution in [0.15, 0.2) is 47.4 Å². The molecule has 0 spiro atoms. The molecule has 2 aromatic carbocycles. The number of thioether (sulfide) groups is 1. The van der Waals surface area contributed by atoms with Crippen molar-refractivity contribution in [3.63, 3.8) is 0 Å². The molecule has 1 aliphatic rings. The average molecular weight is 347 g/mol. The van der Waals surface area contributed by atoms with Crippen molar-refractivity contribution in [1.82, 2.24) is 0 Å². The van der Waals surface area contributed by atoms with Crippen molar-refractivity contribution in [2.75, 3.05) is 29.1 Å². The maximum absolute atomic E-state index is 13.3. The number of nitrogens with zero attached hydrogens (tertiary/aromatic N) is 2. The number of carbonyl (C=O) groups excluding carboxylic acids is 1. The predicted octanol–water partition coefficient (Wildman–Crippen LogP) is 3.28. The lowest BCUT2D eigenvalue weighted by molar-refractivity contribution is -0.387. The monoisotopic (exact) mass is 347 g/mol. The van der Waals surface area contributed by atoms with E-state index in [0.29, 0.717) is 12.2 Å². The van der Waals surface area contributed by atoms with Gasteiger partial charge in [-0.2, -0.15) is 4.39 Å². The van der Waals surface area contributed by atoms with E-state index in [1.165, 1.54) is 6.07 Å². The number of fused-ring (bicyclic) bond motifs is 1. The fraction of sp³-hybridized carbons (Fsp3) is 0.188. The predicted molar refractivity (Wildman–Crippen MR) is 91.1 cm³/mol. The van der Waals surface area contributed by atoms with Gasteiger partial charge in [0.25, 0.3) is 0 Å². The summed E-state index contributed by atoms with van der Waals surface area (Å²) in [5.74, 6) is -0.237. The first-order valence-electron chi connectivity index (χ1n) is 7.26. The summed E-state index contributed by atoms with van der Waals surface area (Å²) in [5, 5.41) is 13.6. The van der Waals surface area contributed by atoms with E-state index in [1.807, 2.05) is 24.3 Å². The SMILES string of the molecule is O=C(CNc1ccc(F)c([N+](=O)[O-])c1)N1CCSc2ccccc21. The summed E-state index contributed by atoms with van der Waals surface area (Å²) in [7, 11) is 0. The van der Waals surface area contributed by atoms with Crippen molar-refractivity contribution in [2.45, 2.75) is 4.90 Å². The van der Waals surface area contributed by atoms with E-state index in [-0.39, 0.29) is 12.5 Å². The van der Waals surface area contributed by atoms with E-state index in [0.717, 1.165) is 28.5 Å². The highest BCUT2D eigenvalue weighted by molar-refractivity contribution is 7.99. The number of amides is 1. The van der Waals surface area contributed by atoms with E-state index in [1.54, 1.807) is 16.7 Å². The number of nitro benzene ring substituents is 1. The van der Waals surface area contributed by atoms with Crippen molar-refractivity contribution in [1.29, 1.82) is 0 Å². The topological polar surface area (TPSA) is 75.5 Å². The molecule has 2 aromatic rings. The Morgan fingerprint density at radius 1 is 1.33 bits per heavy atom. The standard InChI is InChI=1S/C16H14FN3O3S/c17-12-6-5-11(9-14(12)20(22)23)18-10-16(21)19-7-8-24-15-4-2-1-3-13(15)19/h1-6,9,18H,7-8,10H2. The fourth-order valence-electron chi connectivity index (χ4n) is 2.46. The molecule has 0 unspecified atom stereocenters. The summed E-state index contributed by atoms with van der Waals surface area (Å²) in [6, 6.07) is 11.1. The maximum atomic E-state index is 13.3. The van der Waals surface area contributed by atoms with Gasteiger partial charge in [0.1, 0.15) is 0 Å². The highest BCUT2D eigenvalue weighted by Crippen LogP contribution is 2.34. The largest absolute Gasteiger partial charge is 0.376 e. The minimum absolute atomic E-state index is 0.0260. The van der Waals surface area contributed by atoms with E-state index < -0.39 is 16.4 Å². The molecule has 0 fully saturated rings. The molecule has 1 heterocycles. The molecule has 0 saturated carbocycles. The van der Waals surface area contributed by atoms with Gasteiger partial charge in [-0.15, -0.1) is 11.8 Å². The molecule has 0 radical (unpaired) electrons. The molecule has 0 aliphatic carbocycles. The van der Waals surface area contributed by atoms with Gasteiger partial charge >= 0.3 is 5.69 Å². The lowest BCUT2D eigenvalue weighted by Crippen LogP contribution is -2.39. The molecule has 0 saturated heterocycles. The van der Waals surface area contributed by atoms with Gasteiger partial charge in [-0.3, -0.25) is 14.9 Å². The van der Waals surface area contributed by atoms with Crippen molar-refractivity contribution in [2.24, 2.45) is 0 Å². The van der Waals surface area contributed by atoms with Crippen LogP contribution in [0.5, 0.6) is 0 Å². The molecular formula is C16H14FN3O3S. The summed E-state index contributed by atoms with van der Waals surface area (Å²) < 4.78 is 13.3. The molecule has 3 rings (SSSR count). The van der Waals surface area contributed by atoms with Crippen LogP contribution in [0.2, 0.25) is 0 Å². The number of hydrogen-bond acceptors (Lipinski definition) is 5. The Morgan fingerprint density at radius 3 is 2.92 bits per heavy atom. The zero-order valence-corrected chi connectivity index (χ0v) is 13.4. The minimum atomic E-state index is -0.904. The second-order valence-electron chi connectivity index (χ2n) is 5.14. The second kappa shape index (κ2) is 6.88. The van der Waals surface area contributed by atoms with E-state index in [2.05, 4.69) is 5.32 Å². The number of para-hydroxylation sites is 1. The Balaban J connectivity index is 1.71. The number of benzene rings is 2. The molecule has 6 nitrogen and oxygen atoms in total. The van der Waals surface area contributed by atoms with Crippen LogP contribution < -0.4 is 10.2 Å². The zero-order chi connectivity index (χ0) is 17.1. The summed E-state index contributed by atoms with van der Waals surface area (Å²) in [5.41, 5.74) is 0.578. The third-order valence-corrected chi connectivity index (χ3v) is 4.66. The van der Waals surface area contributed by atoms with Gasteiger partial charge in [0, 0.05) is 28.9 Å². The smallest absolute Gasteiger partial charge is 0.306 e. The van der Waals surface area contributed by atoms with Crippen molar-refractivity contribution < 1.29 is 14.1 Å². The van der Waals surface area contributed by atoms with Crippen molar-refractivity contribution >= 4 is 34.7 Å². The number of halogens is 1. The first-order chi connectivity index (χ1) is 11.6. The Kier molecular flexibility index (Phi) is 4.66. The van der Waals surface area contributed by atoms with Crippen LogP contribution in [0, 0.1) is 15.9 Å².